The predicted molar refractivity (Wildman–Crippen MR) is 72.7 cm³/mol. The van der Waals surface area contributed by atoms with Gasteiger partial charge in [0.1, 0.15) is 4.90 Å². The molecule has 1 aromatic heterocycles. The van der Waals surface area contributed by atoms with Crippen molar-refractivity contribution in [1.29, 1.82) is 0 Å². The van der Waals surface area contributed by atoms with Gasteiger partial charge in [-0.05, 0) is 6.07 Å². The number of aromatic nitrogens is 1. The van der Waals surface area contributed by atoms with Crippen LogP contribution in [-0.4, -0.2) is 41.8 Å². The average molecular weight is 288 g/mol. The Bertz CT molecular complexity index is 520. The lowest BCUT2D eigenvalue weighted by Crippen LogP contribution is -2.41. The van der Waals surface area contributed by atoms with Crippen LogP contribution in [-0.2, 0) is 10.0 Å². The van der Waals surface area contributed by atoms with Crippen molar-refractivity contribution in [3.8, 4) is 0 Å². The summed E-state index contributed by atoms with van der Waals surface area (Å²) in [5.74, 6) is 6.15. The quantitative estimate of drug-likeness (QED) is 0.622. The standard InChI is InChI=1S/C10H16N4O2S2/c1-8-7-14(4-5-17-8)18(15,16)10-6-12-3-2-9(10)13-11/h2-3,6,8H,4-5,7,11H2,1H3,(H,12,13). The Morgan fingerprint density at radius 1 is 1.61 bits per heavy atom. The smallest absolute Gasteiger partial charge is 0.246 e. The molecule has 1 atom stereocenters. The van der Waals surface area contributed by atoms with Crippen molar-refractivity contribution in [2.75, 3.05) is 24.3 Å². The molecular weight excluding hydrogens is 272 g/mol. The third-order valence-corrected chi connectivity index (χ3v) is 5.79. The number of hydrogen-bond acceptors (Lipinski definition) is 6. The number of thioether (sulfide) groups is 1. The Hall–Kier alpha value is -0.830. The molecule has 0 bridgehead atoms. The Balaban J connectivity index is 2.35. The molecule has 1 aliphatic rings. The van der Waals surface area contributed by atoms with Gasteiger partial charge < -0.3 is 5.43 Å². The van der Waals surface area contributed by atoms with Gasteiger partial charge in [-0.25, -0.2) is 8.42 Å². The molecule has 0 aliphatic carbocycles. The molecule has 0 spiro atoms. The van der Waals surface area contributed by atoms with Gasteiger partial charge in [0.2, 0.25) is 10.0 Å². The van der Waals surface area contributed by atoms with Crippen LogP contribution in [0.1, 0.15) is 6.92 Å². The summed E-state index contributed by atoms with van der Waals surface area (Å²) < 4.78 is 26.5. The molecule has 0 aromatic carbocycles. The van der Waals surface area contributed by atoms with Crippen LogP contribution in [0.2, 0.25) is 0 Å². The van der Waals surface area contributed by atoms with Gasteiger partial charge in [0, 0.05) is 36.5 Å². The normalized spacial score (nSPS) is 21.8. The highest BCUT2D eigenvalue weighted by Gasteiger charge is 2.30. The fourth-order valence-electron chi connectivity index (χ4n) is 1.85. The molecule has 2 heterocycles. The third-order valence-electron chi connectivity index (χ3n) is 2.76. The largest absolute Gasteiger partial charge is 0.323 e. The number of hydrogen-bond donors (Lipinski definition) is 2. The van der Waals surface area contributed by atoms with Crippen LogP contribution in [0.4, 0.5) is 5.69 Å². The van der Waals surface area contributed by atoms with E-state index in [9.17, 15) is 8.42 Å². The maximum absolute atomic E-state index is 12.5. The SMILES string of the molecule is CC1CN(S(=O)(=O)c2cnccc2NN)CCS1. The number of anilines is 1. The maximum Gasteiger partial charge on any atom is 0.246 e. The minimum atomic E-state index is -3.52. The molecular formula is C10H16N4O2S2. The van der Waals surface area contributed by atoms with Crippen molar-refractivity contribution in [2.45, 2.75) is 17.1 Å². The van der Waals surface area contributed by atoms with E-state index in [1.807, 2.05) is 6.92 Å². The molecule has 2 rings (SSSR count). The highest BCUT2D eigenvalue weighted by Crippen LogP contribution is 2.27. The van der Waals surface area contributed by atoms with Crippen LogP contribution >= 0.6 is 11.8 Å². The molecule has 1 unspecified atom stereocenters. The Kier molecular flexibility index (Phi) is 4.10. The summed E-state index contributed by atoms with van der Waals surface area (Å²) in [6.07, 6.45) is 2.83. The molecule has 8 heteroatoms. The zero-order valence-electron chi connectivity index (χ0n) is 10.0. The molecule has 1 fully saturated rings. The van der Waals surface area contributed by atoms with Crippen molar-refractivity contribution in [3.05, 3.63) is 18.5 Å². The van der Waals surface area contributed by atoms with E-state index < -0.39 is 10.0 Å². The van der Waals surface area contributed by atoms with E-state index >= 15 is 0 Å². The van der Waals surface area contributed by atoms with Crippen LogP contribution in [0.15, 0.2) is 23.4 Å². The minimum absolute atomic E-state index is 0.131. The van der Waals surface area contributed by atoms with Crippen LogP contribution in [0.25, 0.3) is 0 Å². The van der Waals surface area contributed by atoms with E-state index in [1.165, 1.54) is 16.7 Å². The molecule has 18 heavy (non-hydrogen) atoms. The summed E-state index contributed by atoms with van der Waals surface area (Å²) in [6, 6.07) is 1.55. The first-order valence-electron chi connectivity index (χ1n) is 5.58. The Labute approximate surface area is 111 Å². The van der Waals surface area contributed by atoms with Gasteiger partial charge in [-0.15, -0.1) is 0 Å². The van der Waals surface area contributed by atoms with Crippen LogP contribution in [0.3, 0.4) is 0 Å². The summed E-state index contributed by atoms with van der Waals surface area (Å²) >= 11 is 1.78. The highest BCUT2D eigenvalue weighted by molar-refractivity contribution is 8.00. The van der Waals surface area contributed by atoms with E-state index in [-0.39, 0.29) is 4.90 Å². The fourth-order valence-corrected chi connectivity index (χ4v) is 4.70. The maximum atomic E-state index is 12.5. The number of pyridine rings is 1. The molecule has 1 saturated heterocycles. The predicted octanol–water partition coefficient (Wildman–Crippen LogP) is 0.493. The monoisotopic (exact) mass is 288 g/mol. The molecule has 3 N–H and O–H groups in total. The summed E-state index contributed by atoms with van der Waals surface area (Å²) in [5, 5.41) is 0.305. The first-order valence-corrected chi connectivity index (χ1v) is 8.07. The number of rotatable bonds is 3. The topological polar surface area (TPSA) is 88.3 Å². The van der Waals surface area contributed by atoms with Crippen molar-refractivity contribution in [3.63, 3.8) is 0 Å². The van der Waals surface area contributed by atoms with Gasteiger partial charge in [-0.1, -0.05) is 6.92 Å². The zero-order valence-corrected chi connectivity index (χ0v) is 11.7. The molecule has 6 nitrogen and oxygen atoms in total. The van der Waals surface area contributed by atoms with E-state index in [0.717, 1.165) is 5.75 Å². The van der Waals surface area contributed by atoms with Crippen molar-refractivity contribution in [1.82, 2.24) is 9.29 Å². The van der Waals surface area contributed by atoms with Gasteiger partial charge in [-0.2, -0.15) is 16.1 Å². The minimum Gasteiger partial charge on any atom is -0.323 e. The highest BCUT2D eigenvalue weighted by atomic mass is 32.2. The fraction of sp³-hybridized carbons (Fsp3) is 0.500. The lowest BCUT2D eigenvalue weighted by molar-refractivity contribution is 0.424. The molecule has 0 saturated carbocycles. The van der Waals surface area contributed by atoms with Crippen LogP contribution < -0.4 is 11.3 Å². The molecule has 1 aromatic rings. The van der Waals surface area contributed by atoms with Crippen LogP contribution in [0, 0.1) is 0 Å². The zero-order chi connectivity index (χ0) is 13.2. The molecule has 1 aliphatic heterocycles. The Morgan fingerprint density at radius 2 is 2.39 bits per heavy atom. The van der Waals surface area contributed by atoms with Crippen molar-refractivity contribution in [2.24, 2.45) is 5.84 Å². The van der Waals surface area contributed by atoms with Gasteiger partial charge in [-0.3, -0.25) is 10.8 Å². The second-order valence-electron chi connectivity index (χ2n) is 4.06. The van der Waals surface area contributed by atoms with E-state index in [4.69, 9.17) is 5.84 Å². The number of hydrazine groups is 1. The second-order valence-corrected chi connectivity index (χ2v) is 7.51. The third kappa shape index (κ3) is 2.61. The first kappa shape index (κ1) is 13.6. The number of nitrogens with two attached hydrogens (primary N) is 1. The van der Waals surface area contributed by atoms with Gasteiger partial charge in [0.05, 0.1) is 5.69 Å². The summed E-state index contributed by atoms with van der Waals surface area (Å²) in [7, 11) is -3.52. The Morgan fingerprint density at radius 3 is 3.06 bits per heavy atom. The van der Waals surface area contributed by atoms with Crippen molar-refractivity contribution < 1.29 is 8.42 Å². The van der Waals surface area contributed by atoms with E-state index in [0.29, 0.717) is 24.0 Å². The summed E-state index contributed by atoms with van der Waals surface area (Å²) in [6.45, 7) is 3.07. The number of sulfonamides is 1. The number of nitrogens with zero attached hydrogens (tertiary/aromatic N) is 2. The second kappa shape index (κ2) is 5.43. The molecule has 0 amide bonds. The van der Waals surface area contributed by atoms with Gasteiger partial charge in [0.15, 0.2) is 0 Å². The van der Waals surface area contributed by atoms with E-state index in [1.54, 1.807) is 17.8 Å². The van der Waals surface area contributed by atoms with Gasteiger partial charge >= 0.3 is 0 Å². The van der Waals surface area contributed by atoms with E-state index in [2.05, 4.69) is 10.4 Å². The average Bonchev–Trinajstić information content (AvgIpc) is 2.38. The molecule has 100 valence electrons. The summed E-state index contributed by atoms with van der Waals surface area (Å²) in [5.41, 5.74) is 2.77. The lowest BCUT2D eigenvalue weighted by Gasteiger charge is -2.30. The van der Waals surface area contributed by atoms with Gasteiger partial charge in [0.25, 0.3) is 0 Å². The first-order chi connectivity index (χ1) is 8.55. The lowest BCUT2D eigenvalue weighted by atomic mass is 10.4. The van der Waals surface area contributed by atoms with Crippen LogP contribution in [0.5, 0.6) is 0 Å². The number of nitrogen functional groups attached to an aromatic ring is 1. The molecule has 0 radical (unpaired) electrons. The van der Waals surface area contributed by atoms with Crippen molar-refractivity contribution >= 4 is 27.5 Å². The number of nitrogens with one attached hydrogen (secondary N) is 1. The summed E-state index contributed by atoms with van der Waals surface area (Å²) in [4.78, 5) is 4.00.